The lowest BCUT2D eigenvalue weighted by Gasteiger charge is -2.30. The van der Waals surface area contributed by atoms with Crippen LogP contribution in [-0.2, 0) is 4.79 Å². The topological polar surface area (TPSA) is 41.6 Å². The lowest BCUT2D eigenvalue weighted by Crippen LogP contribution is -2.40. The lowest BCUT2D eigenvalue weighted by molar-refractivity contribution is -0.131. The van der Waals surface area contributed by atoms with E-state index in [2.05, 4.69) is 5.32 Å². The summed E-state index contributed by atoms with van der Waals surface area (Å²) in [6, 6.07) is 8.58. The largest absolute Gasteiger partial charge is 0.492 e. The Morgan fingerprint density at radius 2 is 1.88 bits per heavy atom. The van der Waals surface area contributed by atoms with Crippen LogP contribution in [0.25, 0.3) is 0 Å². The maximum Gasteiger partial charge on any atom is 0.222 e. The summed E-state index contributed by atoms with van der Waals surface area (Å²) in [5.41, 5.74) is 0. The molecule has 6 heteroatoms. The number of halogens is 2. The molecule has 0 aliphatic carbocycles. The molecule has 2 atom stereocenters. The number of amides is 1. The molecule has 1 aromatic carbocycles. The molecule has 24 heavy (non-hydrogen) atoms. The summed E-state index contributed by atoms with van der Waals surface area (Å²) in [4.78, 5) is 14.2. The molecule has 134 valence electrons. The maximum absolute atomic E-state index is 12.4. The average molecular weight is 373 g/mol. The Bertz CT molecular complexity index is 526. The molecule has 1 aromatic rings. The van der Waals surface area contributed by atoms with Gasteiger partial charge in [-0.3, -0.25) is 4.79 Å². The predicted octanol–water partition coefficient (Wildman–Crippen LogP) is 3.52. The fourth-order valence-electron chi connectivity index (χ4n) is 3.70. The second kappa shape index (κ2) is 8.93. The number of carbonyl (C=O) groups is 1. The van der Waals surface area contributed by atoms with Gasteiger partial charge in [-0.25, -0.2) is 0 Å². The first-order valence-corrected chi connectivity index (χ1v) is 8.86. The Morgan fingerprint density at radius 1 is 1.25 bits per heavy atom. The molecule has 1 amide bonds. The minimum absolute atomic E-state index is 0. The van der Waals surface area contributed by atoms with Crippen molar-refractivity contribution in [2.45, 2.75) is 44.2 Å². The monoisotopic (exact) mass is 372 g/mol. The van der Waals surface area contributed by atoms with E-state index in [4.69, 9.17) is 16.3 Å². The molecule has 3 rings (SSSR count). The van der Waals surface area contributed by atoms with Crippen molar-refractivity contribution < 1.29 is 9.53 Å². The lowest BCUT2D eigenvalue weighted by atomic mass is 9.89. The van der Waals surface area contributed by atoms with Crippen molar-refractivity contribution in [3.63, 3.8) is 0 Å². The molecule has 1 N–H and O–H groups in total. The van der Waals surface area contributed by atoms with E-state index in [0.29, 0.717) is 42.6 Å². The summed E-state index contributed by atoms with van der Waals surface area (Å²) < 4.78 is 5.65. The van der Waals surface area contributed by atoms with E-state index in [1.807, 2.05) is 19.2 Å². The first-order valence-electron chi connectivity index (χ1n) is 8.48. The Morgan fingerprint density at radius 3 is 2.50 bits per heavy atom. The minimum atomic E-state index is 0. The highest BCUT2D eigenvalue weighted by molar-refractivity contribution is 6.30. The van der Waals surface area contributed by atoms with Crippen LogP contribution in [0.3, 0.4) is 0 Å². The van der Waals surface area contributed by atoms with Gasteiger partial charge in [0, 0.05) is 30.6 Å². The van der Waals surface area contributed by atoms with Gasteiger partial charge in [0.25, 0.3) is 0 Å². The Hall–Kier alpha value is -0.970. The molecule has 0 radical (unpaired) electrons. The van der Waals surface area contributed by atoms with E-state index in [-0.39, 0.29) is 18.3 Å². The fourth-order valence-corrected chi connectivity index (χ4v) is 3.83. The van der Waals surface area contributed by atoms with E-state index in [0.717, 1.165) is 18.6 Å². The van der Waals surface area contributed by atoms with Crippen LogP contribution in [0.4, 0.5) is 0 Å². The number of rotatable bonds is 6. The van der Waals surface area contributed by atoms with Gasteiger partial charge in [-0.15, -0.1) is 12.4 Å². The normalized spacial score (nSPS) is 25.0. The molecule has 0 saturated carbocycles. The number of nitrogens with zero attached hydrogens (tertiary/aromatic N) is 1. The number of piperidine rings is 1. The molecule has 2 unspecified atom stereocenters. The second-order valence-corrected chi connectivity index (χ2v) is 7.23. The summed E-state index contributed by atoms with van der Waals surface area (Å²) in [5.74, 6) is 1.56. The minimum Gasteiger partial charge on any atom is -0.492 e. The smallest absolute Gasteiger partial charge is 0.222 e. The third-order valence-electron chi connectivity index (χ3n) is 4.97. The molecular formula is C18H26Cl2N2O2. The number of hydrogen-bond donors (Lipinski definition) is 1. The van der Waals surface area contributed by atoms with Crippen LogP contribution < -0.4 is 10.1 Å². The Kier molecular flexibility index (Phi) is 7.20. The van der Waals surface area contributed by atoms with E-state index >= 15 is 0 Å². The molecule has 2 heterocycles. The van der Waals surface area contributed by atoms with Crippen molar-refractivity contribution in [1.29, 1.82) is 0 Å². The van der Waals surface area contributed by atoms with Gasteiger partial charge in [-0.2, -0.15) is 0 Å². The number of hydrogen-bond acceptors (Lipinski definition) is 3. The van der Waals surface area contributed by atoms with Gasteiger partial charge in [0.1, 0.15) is 12.4 Å². The van der Waals surface area contributed by atoms with Crippen LogP contribution in [0.5, 0.6) is 5.75 Å². The summed E-state index contributed by atoms with van der Waals surface area (Å²) >= 11 is 5.84. The van der Waals surface area contributed by atoms with E-state index in [9.17, 15) is 4.79 Å². The fraction of sp³-hybridized carbons (Fsp3) is 0.611. The highest BCUT2D eigenvalue weighted by atomic mass is 35.5. The molecule has 2 aliphatic heterocycles. The zero-order chi connectivity index (χ0) is 16.2. The van der Waals surface area contributed by atoms with Crippen LogP contribution in [0, 0.1) is 5.92 Å². The van der Waals surface area contributed by atoms with Gasteiger partial charge >= 0.3 is 0 Å². The maximum atomic E-state index is 12.4. The first kappa shape index (κ1) is 19.4. The van der Waals surface area contributed by atoms with Gasteiger partial charge in [0.2, 0.25) is 5.91 Å². The van der Waals surface area contributed by atoms with Gasteiger partial charge < -0.3 is 15.0 Å². The highest BCUT2D eigenvalue weighted by Crippen LogP contribution is 2.32. The third-order valence-corrected chi connectivity index (χ3v) is 5.22. The molecule has 2 fully saturated rings. The zero-order valence-corrected chi connectivity index (χ0v) is 15.6. The van der Waals surface area contributed by atoms with Crippen molar-refractivity contribution in [3.8, 4) is 5.75 Å². The van der Waals surface area contributed by atoms with Crippen LogP contribution in [-0.4, -0.2) is 43.1 Å². The summed E-state index contributed by atoms with van der Waals surface area (Å²) in [5, 5.41) is 4.32. The average Bonchev–Trinajstić information content (AvgIpc) is 2.88. The van der Waals surface area contributed by atoms with Crippen LogP contribution >= 0.6 is 24.0 Å². The van der Waals surface area contributed by atoms with Gasteiger partial charge in [-0.1, -0.05) is 11.6 Å². The van der Waals surface area contributed by atoms with Gasteiger partial charge in [0.15, 0.2) is 0 Å². The number of ether oxygens (including phenoxy) is 1. The molecular weight excluding hydrogens is 347 g/mol. The molecule has 2 saturated heterocycles. The molecule has 0 spiro atoms. The van der Waals surface area contributed by atoms with Gasteiger partial charge in [-0.05, 0) is 55.9 Å². The summed E-state index contributed by atoms with van der Waals surface area (Å²) in [6.07, 6.45) is 5.53. The highest BCUT2D eigenvalue weighted by Gasteiger charge is 2.34. The number of likely N-dealkylation sites (N-methyl/N-ethyl adjacent to an activating group) is 1. The molecule has 4 nitrogen and oxygen atoms in total. The molecule has 2 aliphatic rings. The van der Waals surface area contributed by atoms with E-state index in [1.54, 1.807) is 17.0 Å². The van der Waals surface area contributed by atoms with Gasteiger partial charge in [0.05, 0.1) is 6.54 Å². The van der Waals surface area contributed by atoms with Crippen molar-refractivity contribution >= 4 is 29.9 Å². The number of fused-ring (bicyclic) bond motifs is 2. The van der Waals surface area contributed by atoms with Crippen molar-refractivity contribution in [2.75, 3.05) is 20.2 Å². The summed E-state index contributed by atoms with van der Waals surface area (Å²) in [6.45, 7) is 1.11. The van der Waals surface area contributed by atoms with Crippen LogP contribution in [0.15, 0.2) is 24.3 Å². The second-order valence-electron chi connectivity index (χ2n) is 6.80. The Labute approximate surface area is 155 Å². The van der Waals surface area contributed by atoms with Crippen LogP contribution in [0.1, 0.15) is 32.1 Å². The SMILES string of the molecule is CN(CCOc1ccc(Cl)cc1)C(=O)CC1CC2CCC(C1)N2.Cl. The van der Waals surface area contributed by atoms with Crippen LogP contribution in [0.2, 0.25) is 5.02 Å². The number of nitrogens with one attached hydrogen (secondary N) is 1. The van der Waals surface area contributed by atoms with Crippen molar-refractivity contribution in [1.82, 2.24) is 10.2 Å². The molecule has 0 aromatic heterocycles. The van der Waals surface area contributed by atoms with E-state index < -0.39 is 0 Å². The van der Waals surface area contributed by atoms with Crippen molar-refractivity contribution in [2.24, 2.45) is 5.92 Å². The third kappa shape index (κ3) is 5.27. The summed E-state index contributed by atoms with van der Waals surface area (Å²) in [7, 11) is 1.86. The zero-order valence-electron chi connectivity index (χ0n) is 14.0. The quantitative estimate of drug-likeness (QED) is 0.830. The predicted molar refractivity (Wildman–Crippen MR) is 99.1 cm³/mol. The Balaban J connectivity index is 0.00000208. The standard InChI is InChI=1S/C18H25ClN2O2.ClH/c1-21(8-9-23-17-6-2-14(19)3-7-17)18(22)12-13-10-15-4-5-16(11-13)20-15;/h2-3,6-7,13,15-16,20H,4-5,8-12H2,1H3;1H. The number of benzene rings is 1. The number of carbonyl (C=O) groups excluding carboxylic acids is 1. The molecule has 2 bridgehead atoms. The van der Waals surface area contributed by atoms with E-state index in [1.165, 1.54) is 12.8 Å². The first-order chi connectivity index (χ1) is 11.1. The van der Waals surface area contributed by atoms with Crippen molar-refractivity contribution in [3.05, 3.63) is 29.3 Å².